The summed E-state index contributed by atoms with van der Waals surface area (Å²) in [5.74, 6) is 5.16. The molecule has 0 bridgehead atoms. The van der Waals surface area contributed by atoms with Gasteiger partial charge in [0.05, 0.1) is 19.8 Å². The van der Waals surface area contributed by atoms with Crippen LogP contribution in [0, 0.1) is 5.92 Å². The van der Waals surface area contributed by atoms with Crippen molar-refractivity contribution in [3.05, 3.63) is 0 Å². The second kappa shape index (κ2) is 3.79. The Labute approximate surface area is 53.8 Å². The van der Waals surface area contributed by atoms with Crippen LogP contribution in [0.25, 0.3) is 0 Å². The highest BCUT2D eigenvalue weighted by atomic mass is 16.7. The van der Waals surface area contributed by atoms with Gasteiger partial charge in [0, 0.05) is 5.92 Å². The van der Waals surface area contributed by atoms with Gasteiger partial charge >= 0.3 is 0 Å². The van der Waals surface area contributed by atoms with Gasteiger partial charge in [-0.1, -0.05) is 0 Å². The predicted octanol–water partition coefficient (Wildman–Crippen LogP) is -0.503. The van der Waals surface area contributed by atoms with Crippen molar-refractivity contribution in [2.45, 2.75) is 0 Å². The Bertz CT molecular complexity index is 69.8. The molecular formula is C5H11NO3. The van der Waals surface area contributed by atoms with Crippen molar-refractivity contribution in [3.8, 4) is 0 Å². The van der Waals surface area contributed by atoms with Crippen LogP contribution >= 0.6 is 0 Å². The van der Waals surface area contributed by atoms with Crippen LogP contribution in [0.4, 0.5) is 0 Å². The van der Waals surface area contributed by atoms with Gasteiger partial charge in [-0.3, -0.25) is 0 Å². The summed E-state index contributed by atoms with van der Waals surface area (Å²) in [6.07, 6.45) is 0. The maximum Gasteiger partial charge on any atom is 0.146 e. The van der Waals surface area contributed by atoms with Crippen LogP contribution in [-0.2, 0) is 14.3 Å². The van der Waals surface area contributed by atoms with E-state index in [0.717, 1.165) is 0 Å². The van der Waals surface area contributed by atoms with Crippen LogP contribution in [0.1, 0.15) is 0 Å². The molecular weight excluding hydrogens is 122 g/mol. The largest absolute Gasteiger partial charge is 0.355 e. The molecule has 54 valence electrons. The maximum absolute atomic E-state index is 4.98. The fourth-order valence-corrected chi connectivity index (χ4v) is 0.769. The van der Waals surface area contributed by atoms with Gasteiger partial charge in [-0.05, 0) is 0 Å². The first-order chi connectivity index (χ1) is 4.43. The fourth-order valence-electron chi connectivity index (χ4n) is 0.769. The molecule has 4 heteroatoms. The summed E-state index contributed by atoms with van der Waals surface area (Å²) in [7, 11) is 0. The van der Waals surface area contributed by atoms with E-state index in [2.05, 4.69) is 4.84 Å². The molecule has 9 heavy (non-hydrogen) atoms. The van der Waals surface area contributed by atoms with E-state index in [0.29, 0.717) is 32.5 Å². The average Bonchev–Trinajstić information content (AvgIpc) is 1.91. The molecule has 0 unspecified atom stereocenters. The smallest absolute Gasteiger partial charge is 0.146 e. The van der Waals surface area contributed by atoms with Crippen molar-refractivity contribution in [2.24, 2.45) is 11.8 Å². The van der Waals surface area contributed by atoms with E-state index in [9.17, 15) is 0 Å². The first-order valence-electron chi connectivity index (χ1n) is 2.90. The Morgan fingerprint density at radius 1 is 1.44 bits per heavy atom. The highest BCUT2D eigenvalue weighted by molar-refractivity contribution is 4.56. The summed E-state index contributed by atoms with van der Waals surface area (Å²) in [6, 6.07) is 0. The topological polar surface area (TPSA) is 53.7 Å². The van der Waals surface area contributed by atoms with E-state index < -0.39 is 0 Å². The molecule has 0 spiro atoms. The van der Waals surface area contributed by atoms with Crippen LogP contribution in [0.15, 0.2) is 0 Å². The first kappa shape index (κ1) is 6.95. The lowest BCUT2D eigenvalue weighted by molar-refractivity contribution is -0.138. The zero-order valence-corrected chi connectivity index (χ0v) is 5.21. The van der Waals surface area contributed by atoms with Crippen LogP contribution < -0.4 is 5.90 Å². The molecule has 1 aliphatic rings. The molecule has 0 aromatic carbocycles. The molecule has 0 aliphatic carbocycles. The van der Waals surface area contributed by atoms with Crippen LogP contribution in [0.2, 0.25) is 0 Å². The van der Waals surface area contributed by atoms with E-state index in [1.807, 2.05) is 0 Å². The van der Waals surface area contributed by atoms with Crippen molar-refractivity contribution in [1.82, 2.24) is 0 Å². The molecule has 1 saturated heterocycles. The monoisotopic (exact) mass is 133 g/mol. The summed E-state index contributed by atoms with van der Waals surface area (Å²) < 4.78 is 9.95. The van der Waals surface area contributed by atoms with Gasteiger partial charge in [-0.25, -0.2) is 5.90 Å². The summed E-state index contributed by atoms with van der Waals surface area (Å²) >= 11 is 0. The summed E-state index contributed by atoms with van der Waals surface area (Å²) in [6.45, 7) is 2.30. The fraction of sp³-hybridized carbons (Fsp3) is 1.00. The van der Waals surface area contributed by atoms with Gasteiger partial charge in [0.2, 0.25) is 0 Å². The van der Waals surface area contributed by atoms with Gasteiger partial charge < -0.3 is 14.3 Å². The molecule has 0 saturated carbocycles. The number of ether oxygens (including phenoxy) is 2. The van der Waals surface area contributed by atoms with E-state index in [-0.39, 0.29) is 0 Å². The lowest BCUT2D eigenvalue weighted by atomic mass is 10.2. The molecule has 1 rings (SSSR count). The van der Waals surface area contributed by atoms with Gasteiger partial charge in [0.25, 0.3) is 0 Å². The SMILES string of the molecule is NOCC1COCOC1. The van der Waals surface area contributed by atoms with Crippen molar-refractivity contribution in [2.75, 3.05) is 26.6 Å². The Morgan fingerprint density at radius 3 is 2.67 bits per heavy atom. The van der Waals surface area contributed by atoms with Gasteiger partial charge in [0.1, 0.15) is 6.79 Å². The molecule has 0 atom stereocenters. The third-order valence-corrected chi connectivity index (χ3v) is 1.21. The van der Waals surface area contributed by atoms with Crippen molar-refractivity contribution in [3.63, 3.8) is 0 Å². The van der Waals surface area contributed by atoms with Crippen LogP contribution in [0.5, 0.6) is 0 Å². The Kier molecular flexibility index (Phi) is 2.93. The number of rotatable bonds is 2. The van der Waals surface area contributed by atoms with Gasteiger partial charge in [0.15, 0.2) is 0 Å². The third kappa shape index (κ3) is 2.28. The molecule has 0 aromatic heterocycles. The third-order valence-electron chi connectivity index (χ3n) is 1.21. The minimum atomic E-state index is 0.309. The second-order valence-corrected chi connectivity index (χ2v) is 2.06. The van der Waals surface area contributed by atoms with Gasteiger partial charge in [-0.15, -0.1) is 0 Å². The van der Waals surface area contributed by atoms with E-state index in [1.165, 1.54) is 0 Å². The van der Waals surface area contributed by atoms with E-state index >= 15 is 0 Å². The highest BCUT2D eigenvalue weighted by Gasteiger charge is 2.13. The number of hydrogen-bond donors (Lipinski definition) is 1. The van der Waals surface area contributed by atoms with E-state index in [4.69, 9.17) is 15.4 Å². The minimum Gasteiger partial charge on any atom is -0.355 e. The van der Waals surface area contributed by atoms with Gasteiger partial charge in [-0.2, -0.15) is 0 Å². The zero-order chi connectivity index (χ0) is 6.53. The normalized spacial score (nSPS) is 22.3. The molecule has 0 radical (unpaired) electrons. The summed E-state index contributed by atoms with van der Waals surface area (Å²) in [5, 5.41) is 0. The Hall–Kier alpha value is -0.160. The average molecular weight is 133 g/mol. The standard InChI is InChI=1S/C5H11NO3/c6-9-3-5-1-7-4-8-2-5/h5H,1-4,6H2. The van der Waals surface area contributed by atoms with Crippen molar-refractivity contribution < 1.29 is 14.3 Å². The van der Waals surface area contributed by atoms with E-state index in [1.54, 1.807) is 0 Å². The molecule has 4 nitrogen and oxygen atoms in total. The molecule has 0 amide bonds. The minimum absolute atomic E-state index is 0.309. The highest BCUT2D eigenvalue weighted by Crippen LogP contribution is 2.03. The lowest BCUT2D eigenvalue weighted by Crippen LogP contribution is -2.28. The second-order valence-electron chi connectivity index (χ2n) is 2.06. The number of nitrogens with two attached hydrogens (primary N) is 1. The first-order valence-corrected chi connectivity index (χ1v) is 2.90. The van der Waals surface area contributed by atoms with Crippen LogP contribution in [-0.4, -0.2) is 26.6 Å². The summed E-state index contributed by atoms with van der Waals surface area (Å²) in [4.78, 5) is 4.42. The molecule has 2 N–H and O–H groups in total. The zero-order valence-electron chi connectivity index (χ0n) is 5.21. The Balaban J connectivity index is 2.08. The maximum atomic E-state index is 4.98. The quantitative estimate of drug-likeness (QED) is 0.516. The van der Waals surface area contributed by atoms with Crippen molar-refractivity contribution >= 4 is 0 Å². The number of hydrogen-bond acceptors (Lipinski definition) is 4. The Morgan fingerprint density at radius 2 is 2.11 bits per heavy atom. The summed E-state index contributed by atoms with van der Waals surface area (Å²) in [5.41, 5.74) is 0. The molecule has 1 aliphatic heterocycles. The molecule has 0 aromatic rings. The predicted molar refractivity (Wildman–Crippen MR) is 30.4 cm³/mol. The van der Waals surface area contributed by atoms with Crippen LogP contribution in [0.3, 0.4) is 0 Å². The van der Waals surface area contributed by atoms with Crippen molar-refractivity contribution in [1.29, 1.82) is 0 Å². The molecule has 1 fully saturated rings. The lowest BCUT2D eigenvalue weighted by Gasteiger charge is -2.20. The molecule has 1 heterocycles.